The molecule has 112 valence electrons. The predicted molar refractivity (Wildman–Crippen MR) is 78.1 cm³/mol. The summed E-state index contributed by atoms with van der Waals surface area (Å²) < 4.78 is 26.3. The van der Waals surface area contributed by atoms with Gasteiger partial charge in [-0.15, -0.1) is 0 Å². The molecule has 0 fully saturated rings. The first kappa shape index (κ1) is 16.8. The molecule has 6 heteroatoms. The van der Waals surface area contributed by atoms with Gasteiger partial charge in [0, 0.05) is 20.8 Å². The van der Waals surface area contributed by atoms with Crippen LogP contribution in [-0.4, -0.2) is 41.4 Å². The van der Waals surface area contributed by atoms with Gasteiger partial charge in [0.15, 0.2) is 0 Å². The Bertz CT molecular complexity index is 340. The van der Waals surface area contributed by atoms with Crippen LogP contribution in [0.5, 0.6) is 11.5 Å². The third-order valence-corrected chi connectivity index (χ3v) is 2.58. The van der Waals surface area contributed by atoms with Crippen LogP contribution in [0.1, 0.15) is 19.8 Å². The Morgan fingerprint density at radius 2 is 1.55 bits per heavy atom. The van der Waals surface area contributed by atoms with Crippen LogP contribution in [0.15, 0.2) is 24.3 Å². The molecule has 0 saturated heterocycles. The van der Waals surface area contributed by atoms with Gasteiger partial charge in [-0.05, 0) is 30.7 Å². The minimum Gasteiger partial charge on any atom is -0.512 e. The van der Waals surface area contributed by atoms with Crippen molar-refractivity contribution in [1.82, 2.24) is 0 Å². The van der Waals surface area contributed by atoms with Gasteiger partial charge in [0.1, 0.15) is 18.1 Å². The van der Waals surface area contributed by atoms with E-state index in [2.05, 4.69) is 6.92 Å². The average Bonchev–Trinajstić information content (AvgIpc) is 2.49. The molecule has 0 atom stereocenters. The van der Waals surface area contributed by atoms with E-state index in [1.165, 1.54) is 14.2 Å². The number of benzene rings is 1. The van der Waals surface area contributed by atoms with Crippen LogP contribution in [0.4, 0.5) is 0 Å². The van der Waals surface area contributed by atoms with Gasteiger partial charge < -0.3 is 23.4 Å². The second kappa shape index (κ2) is 10.5. The van der Waals surface area contributed by atoms with Crippen molar-refractivity contribution in [3.05, 3.63) is 24.3 Å². The lowest BCUT2D eigenvalue weighted by molar-refractivity contribution is 0.0980. The highest BCUT2D eigenvalue weighted by atomic mass is 16.7. The highest BCUT2D eigenvalue weighted by Crippen LogP contribution is 2.18. The topological polar surface area (TPSA) is 46.2 Å². The van der Waals surface area contributed by atoms with Crippen molar-refractivity contribution in [1.29, 1.82) is 0 Å². The van der Waals surface area contributed by atoms with E-state index in [9.17, 15) is 0 Å². The standard InChI is InChI=1S/C14H23BO5/c1-4-5-10-18-11-12-19-13-6-8-14(9-7-13)20-15(16-2)17-3/h6-9H,4-5,10-12H2,1-3H3. The van der Waals surface area contributed by atoms with E-state index in [4.69, 9.17) is 23.4 Å². The molecule has 0 bridgehead atoms. The fraction of sp³-hybridized carbons (Fsp3) is 0.571. The molecule has 1 rings (SSSR count). The smallest absolute Gasteiger partial charge is 0.512 e. The summed E-state index contributed by atoms with van der Waals surface area (Å²) in [6.45, 7) is 4.08. The van der Waals surface area contributed by atoms with Crippen LogP contribution in [0, 0.1) is 0 Å². The normalized spacial score (nSPS) is 10.3. The molecule has 1 aromatic carbocycles. The molecular weight excluding hydrogens is 259 g/mol. The third kappa shape index (κ3) is 6.79. The molecule has 0 amide bonds. The lowest BCUT2D eigenvalue weighted by Crippen LogP contribution is -2.27. The SMILES string of the molecule is CCCCOCCOc1ccc(OB(OC)OC)cc1. The van der Waals surface area contributed by atoms with Gasteiger partial charge in [0.25, 0.3) is 0 Å². The largest absolute Gasteiger partial charge is 0.712 e. The number of rotatable bonds is 11. The highest BCUT2D eigenvalue weighted by molar-refractivity contribution is 6.37. The zero-order valence-corrected chi connectivity index (χ0v) is 12.5. The van der Waals surface area contributed by atoms with Crippen LogP contribution in [-0.2, 0) is 14.0 Å². The van der Waals surface area contributed by atoms with Crippen molar-refractivity contribution >= 4 is 7.32 Å². The highest BCUT2D eigenvalue weighted by Gasteiger charge is 2.19. The summed E-state index contributed by atoms with van der Waals surface area (Å²) in [6, 6.07) is 7.28. The molecule has 0 aliphatic heterocycles. The molecular formula is C14H23BO5. The Hall–Kier alpha value is -1.24. The second-order valence-electron chi connectivity index (χ2n) is 4.16. The van der Waals surface area contributed by atoms with Crippen LogP contribution >= 0.6 is 0 Å². The maximum atomic E-state index is 5.56. The fourth-order valence-electron chi connectivity index (χ4n) is 1.48. The first-order valence-electron chi connectivity index (χ1n) is 6.83. The quantitative estimate of drug-likeness (QED) is 0.461. The Balaban J connectivity index is 2.24. The molecule has 5 nitrogen and oxygen atoms in total. The molecule has 0 saturated carbocycles. The Labute approximate surface area is 121 Å². The zero-order valence-electron chi connectivity index (χ0n) is 12.5. The minimum absolute atomic E-state index is 0.544. The lowest BCUT2D eigenvalue weighted by Gasteiger charge is -2.11. The van der Waals surface area contributed by atoms with Crippen molar-refractivity contribution < 1.29 is 23.4 Å². The lowest BCUT2D eigenvalue weighted by atomic mass is 10.2. The summed E-state index contributed by atoms with van der Waals surface area (Å²) in [5, 5.41) is 0. The van der Waals surface area contributed by atoms with Crippen LogP contribution in [0.3, 0.4) is 0 Å². The molecule has 20 heavy (non-hydrogen) atoms. The van der Waals surface area contributed by atoms with Gasteiger partial charge in [-0.25, -0.2) is 0 Å². The molecule has 0 radical (unpaired) electrons. The minimum atomic E-state index is -0.700. The summed E-state index contributed by atoms with van der Waals surface area (Å²) in [5.74, 6) is 1.44. The molecule has 0 unspecified atom stereocenters. The molecule has 0 aliphatic rings. The van der Waals surface area contributed by atoms with Gasteiger partial charge in [-0.2, -0.15) is 0 Å². The number of hydrogen-bond donors (Lipinski definition) is 0. The van der Waals surface area contributed by atoms with E-state index in [1.54, 1.807) is 12.1 Å². The Kier molecular flexibility index (Phi) is 8.86. The second-order valence-corrected chi connectivity index (χ2v) is 4.16. The van der Waals surface area contributed by atoms with Crippen LogP contribution in [0.25, 0.3) is 0 Å². The molecule has 0 aliphatic carbocycles. The van der Waals surface area contributed by atoms with E-state index in [0.717, 1.165) is 25.2 Å². The number of ether oxygens (including phenoxy) is 2. The summed E-state index contributed by atoms with van der Waals surface area (Å²) in [6.07, 6.45) is 2.23. The van der Waals surface area contributed by atoms with Crippen molar-refractivity contribution in [3.63, 3.8) is 0 Å². The Morgan fingerprint density at radius 3 is 2.15 bits per heavy atom. The van der Waals surface area contributed by atoms with E-state index in [1.807, 2.05) is 12.1 Å². The third-order valence-electron chi connectivity index (χ3n) is 2.58. The molecule has 0 heterocycles. The van der Waals surface area contributed by atoms with E-state index >= 15 is 0 Å². The van der Waals surface area contributed by atoms with Crippen molar-refractivity contribution in [3.8, 4) is 11.5 Å². The zero-order chi connectivity index (χ0) is 14.6. The summed E-state index contributed by atoms with van der Waals surface area (Å²) in [5.41, 5.74) is 0. The maximum absolute atomic E-state index is 5.56. The predicted octanol–water partition coefficient (Wildman–Crippen LogP) is 2.54. The van der Waals surface area contributed by atoms with E-state index < -0.39 is 7.32 Å². The number of unbranched alkanes of at least 4 members (excludes halogenated alkanes) is 1. The maximum Gasteiger partial charge on any atom is 0.712 e. The van der Waals surface area contributed by atoms with Gasteiger partial charge in [-0.3, -0.25) is 0 Å². The van der Waals surface area contributed by atoms with Crippen LogP contribution < -0.4 is 9.39 Å². The summed E-state index contributed by atoms with van der Waals surface area (Å²) >= 11 is 0. The summed E-state index contributed by atoms with van der Waals surface area (Å²) in [7, 11) is 2.34. The van der Waals surface area contributed by atoms with Gasteiger partial charge >= 0.3 is 7.32 Å². The Morgan fingerprint density at radius 1 is 0.900 bits per heavy atom. The van der Waals surface area contributed by atoms with Crippen molar-refractivity contribution in [2.75, 3.05) is 34.0 Å². The first-order valence-corrected chi connectivity index (χ1v) is 6.83. The van der Waals surface area contributed by atoms with Crippen molar-refractivity contribution in [2.45, 2.75) is 19.8 Å². The number of hydrogen-bond acceptors (Lipinski definition) is 5. The monoisotopic (exact) mass is 282 g/mol. The molecule has 0 spiro atoms. The molecule has 0 aromatic heterocycles. The molecule has 1 aromatic rings. The van der Waals surface area contributed by atoms with Crippen molar-refractivity contribution in [2.24, 2.45) is 0 Å². The fourth-order valence-corrected chi connectivity index (χ4v) is 1.48. The van der Waals surface area contributed by atoms with E-state index in [-0.39, 0.29) is 0 Å². The van der Waals surface area contributed by atoms with Gasteiger partial charge in [0.2, 0.25) is 0 Å². The summed E-state index contributed by atoms with van der Waals surface area (Å²) in [4.78, 5) is 0. The van der Waals surface area contributed by atoms with Crippen LogP contribution in [0.2, 0.25) is 0 Å². The van der Waals surface area contributed by atoms with Gasteiger partial charge in [-0.1, -0.05) is 13.3 Å². The average molecular weight is 282 g/mol. The van der Waals surface area contributed by atoms with Gasteiger partial charge in [0.05, 0.1) is 6.61 Å². The first-order chi connectivity index (χ1) is 9.80. The molecule has 0 N–H and O–H groups in total. The van der Waals surface area contributed by atoms with E-state index in [0.29, 0.717) is 19.0 Å².